The molecule has 1 aliphatic carbocycles. The molecule has 0 saturated heterocycles. The number of rotatable bonds is 5. The minimum atomic E-state index is -0.970. The van der Waals surface area contributed by atoms with Crippen LogP contribution in [0, 0.1) is 5.92 Å². The molecule has 0 spiro atoms. The Kier molecular flexibility index (Phi) is 4.01. The van der Waals surface area contributed by atoms with Crippen LogP contribution in [0.5, 0.6) is 0 Å². The molecule has 5 heteroatoms. The Labute approximate surface area is 114 Å². The number of carbonyl (C=O) groups is 2. The van der Waals surface area contributed by atoms with Crippen LogP contribution >= 0.6 is 15.9 Å². The first-order valence-corrected chi connectivity index (χ1v) is 6.65. The highest BCUT2D eigenvalue weighted by molar-refractivity contribution is 9.10. The van der Waals surface area contributed by atoms with Gasteiger partial charge in [-0.1, -0.05) is 25.0 Å². The predicted molar refractivity (Wildman–Crippen MR) is 70.4 cm³/mol. The van der Waals surface area contributed by atoms with Gasteiger partial charge >= 0.3 is 5.97 Å². The molecule has 96 valence electrons. The third-order valence-electron chi connectivity index (χ3n) is 2.99. The normalized spacial score (nSPS) is 16.1. The van der Waals surface area contributed by atoms with Gasteiger partial charge in [-0.3, -0.25) is 4.79 Å². The number of carbonyl (C=O) groups excluding carboxylic acids is 1. The molecular formula is C13H14BrNO3. The molecule has 1 saturated carbocycles. The third kappa shape index (κ3) is 3.32. The number of nitrogens with one attached hydrogen (secondary N) is 1. The second-order valence-corrected chi connectivity index (χ2v) is 5.38. The van der Waals surface area contributed by atoms with Crippen LogP contribution in [0.3, 0.4) is 0 Å². The Hall–Kier alpha value is -1.36. The largest absolute Gasteiger partial charge is 0.480 e. The Bertz CT molecular complexity index is 471. The van der Waals surface area contributed by atoms with Gasteiger partial charge in [-0.25, -0.2) is 4.79 Å². The SMILES string of the molecule is O=C(NC(CC1CC1)C(=O)O)c1ccccc1Br. The van der Waals surface area contributed by atoms with Crippen LogP contribution < -0.4 is 5.32 Å². The third-order valence-corrected chi connectivity index (χ3v) is 3.68. The molecule has 0 radical (unpaired) electrons. The second kappa shape index (κ2) is 5.52. The fraction of sp³-hybridized carbons (Fsp3) is 0.385. The van der Waals surface area contributed by atoms with Crippen molar-refractivity contribution in [2.24, 2.45) is 5.92 Å². The van der Waals surface area contributed by atoms with Crippen molar-refractivity contribution in [3.63, 3.8) is 0 Å². The molecule has 1 aliphatic rings. The maximum Gasteiger partial charge on any atom is 0.326 e. The first kappa shape index (κ1) is 13.1. The van der Waals surface area contributed by atoms with Crippen LogP contribution in [0.4, 0.5) is 0 Å². The van der Waals surface area contributed by atoms with E-state index >= 15 is 0 Å². The first-order chi connectivity index (χ1) is 8.58. The van der Waals surface area contributed by atoms with E-state index < -0.39 is 12.0 Å². The van der Waals surface area contributed by atoms with Gasteiger partial charge in [0.15, 0.2) is 0 Å². The van der Waals surface area contributed by atoms with Crippen molar-refractivity contribution in [2.45, 2.75) is 25.3 Å². The van der Waals surface area contributed by atoms with E-state index in [1.54, 1.807) is 24.3 Å². The first-order valence-electron chi connectivity index (χ1n) is 5.86. The van der Waals surface area contributed by atoms with Crippen molar-refractivity contribution in [3.8, 4) is 0 Å². The minimum absolute atomic E-state index is 0.351. The Balaban J connectivity index is 2.04. The van der Waals surface area contributed by atoms with Gasteiger partial charge in [0.05, 0.1) is 5.56 Å². The quantitative estimate of drug-likeness (QED) is 0.877. The zero-order chi connectivity index (χ0) is 13.1. The lowest BCUT2D eigenvalue weighted by molar-refractivity contribution is -0.139. The number of halogens is 1. The van der Waals surface area contributed by atoms with E-state index in [0.29, 0.717) is 22.4 Å². The molecule has 0 heterocycles. The van der Waals surface area contributed by atoms with E-state index in [-0.39, 0.29) is 5.91 Å². The van der Waals surface area contributed by atoms with Crippen LogP contribution in [0.25, 0.3) is 0 Å². The lowest BCUT2D eigenvalue weighted by Crippen LogP contribution is -2.41. The van der Waals surface area contributed by atoms with Crippen LogP contribution in [0.2, 0.25) is 0 Å². The Morgan fingerprint density at radius 3 is 2.61 bits per heavy atom. The number of aliphatic carboxylic acids is 1. The summed E-state index contributed by atoms with van der Waals surface area (Å²) in [5, 5.41) is 11.7. The summed E-state index contributed by atoms with van der Waals surface area (Å²) >= 11 is 3.28. The van der Waals surface area contributed by atoms with Crippen molar-refractivity contribution in [1.29, 1.82) is 0 Å². The molecule has 1 amide bonds. The summed E-state index contributed by atoms with van der Waals surface area (Å²) in [4.78, 5) is 23.1. The number of carboxylic acids is 1. The highest BCUT2D eigenvalue weighted by Crippen LogP contribution is 2.33. The molecule has 0 aliphatic heterocycles. The highest BCUT2D eigenvalue weighted by Gasteiger charge is 2.30. The summed E-state index contributed by atoms with van der Waals surface area (Å²) in [5.74, 6) is -0.872. The van der Waals surface area contributed by atoms with Crippen molar-refractivity contribution in [3.05, 3.63) is 34.3 Å². The molecule has 18 heavy (non-hydrogen) atoms. The number of hydrogen-bond donors (Lipinski definition) is 2. The Morgan fingerprint density at radius 1 is 1.39 bits per heavy atom. The fourth-order valence-corrected chi connectivity index (χ4v) is 2.25. The molecular weight excluding hydrogens is 298 g/mol. The summed E-state index contributed by atoms with van der Waals surface area (Å²) in [6.45, 7) is 0. The molecule has 1 atom stereocenters. The lowest BCUT2D eigenvalue weighted by Gasteiger charge is -2.14. The maximum absolute atomic E-state index is 12.0. The molecule has 1 fully saturated rings. The van der Waals surface area contributed by atoms with Gasteiger partial charge in [0, 0.05) is 4.47 Å². The maximum atomic E-state index is 12.0. The zero-order valence-corrected chi connectivity index (χ0v) is 11.3. The molecule has 4 nitrogen and oxygen atoms in total. The molecule has 1 aromatic carbocycles. The zero-order valence-electron chi connectivity index (χ0n) is 9.73. The van der Waals surface area contributed by atoms with Gasteiger partial charge < -0.3 is 10.4 Å². The molecule has 0 bridgehead atoms. The van der Waals surface area contributed by atoms with E-state index in [1.165, 1.54) is 0 Å². The van der Waals surface area contributed by atoms with Crippen LogP contribution in [0.1, 0.15) is 29.6 Å². The highest BCUT2D eigenvalue weighted by atomic mass is 79.9. The summed E-state index contributed by atoms with van der Waals surface area (Å²) in [5.41, 5.74) is 0.458. The van der Waals surface area contributed by atoms with Gasteiger partial charge in [0.2, 0.25) is 0 Å². The number of hydrogen-bond acceptors (Lipinski definition) is 2. The average Bonchev–Trinajstić information content (AvgIpc) is 3.12. The molecule has 0 aromatic heterocycles. The van der Waals surface area contributed by atoms with Gasteiger partial charge in [-0.2, -0.15) is 0 Å². The van der Waals surface area contributed by atoms with E-state index in [1.807, 2.05) is 0 Å². The van der Waals surface area contributed by atoms with Crippen molar-refractivity contribution in [2.75, 3.05) is 0 Å². The standard InChI is InChI=1S/C13H14BrNO3/c14-10-4-2-1-3-9(10)12(16)15-11(13(17)18)7-8-5-6-8/h1-4,8,11H,5-7H2,(H,15,16)(H,17,18). The van der Waals surface area contributed by atoms with Crippen molar-refractivity contribution < 1.29 is 14.7 Å². The van der Waals surface area contributed by atoms with Gasteiger partial charge in [-0.05, 0) is 40.4 Å². The van der Waals surface area contributed by atoms with Crippen LogP contribution in [-0.2, 0) is 4.79 Å². The van der Waals surface area contributed by atoms with Gasteiger partial charge in [-0.15, -0.1) is 0 Å². The van der Waals surface area contributed by atoms with E-state index in [0.717, 1.165) is 12.8 Å². The minimum Gasteiger partial charge on any atom is -0.480 e. The van der Waals surface area contributed by atoms with E-state index in [2.05, 4.69) is 21.2 Å². The molecule has 1 aromatic rings. The Morgan fingerprint density at radius 2 is 2.06 bits per heavy atom. The van der Waals surface area contributed by atoms with Crippen molar-refractivity contribution >= 4 is 27.8 Å². The van der Waals surface area contributed by atoms with Gasteiger partial charge in [0.25, 0.3) is 5.91 Å². The van der Waals surface area contributed by atoms with Crippen molar-refractivity contribution in [1.82, 2.24) is 5.32 Å². The average molecular weight is 312 g/mol. The fourth-order valence-electron chi connectivity index (χ4n) is 1.79. The van der Waals surface area contributed by atoms with E-state index in [9.17, 15) is 9.59 Å². The summed E-state index contributed by atoms with van der Waals surface area (Å²) in [6, 6.07) is 6.18. The molecule has 2 N–H and O–H groups in total. The smallest absolute Gasteiger partial charge is 0.326 e. The number of amides is 1. The van der Waals surface area contributed by atoms with E-state index in [4.69, 9.17) is 5.11 Å². The molecule has 1 unspecified atom stereocenters. The number of benzene rings is 1. The summed E-state index contributed by atoms with van der Waals surface area (Å²) in [6.07, 6.45) is 2.65. The monoisotopic (exact) mass is 311 g/mol. The lowest BCUT2D eigenvalue weighted by atomic mass is 10.1. The van der Waals surface area contributed by atoms with Crippen LogP contribution in [-0.4, -0.2) is 23.0 Å². The predicted octanol–water partition coefficient (Wildman–Crippen LogP) is 2.43. The second-order valence-electron chi connectivity index (χ2n) is 4.52. The molecule has 2 rings (SSSR count). The summed E-state index contributed by atoms with van der Waals surface area (Å²) < 4.78 is 0.665. The van der Waals surface area contributed by atoms with Crippen LogP contribution in [0.15, 0.2) is 28.7 Å². The van der Waals surface area contributed by atoms with Gasteiger partial charge in [0.1, 0.15) is 6.04 Å². The summed E-state index contributed by atoms with van der Waals surface area (Å²) in [7, 11) is 0. The number of carboxylic acid groups (broad SMARTS) is 1. The topological polar surface area (TPSA) is 66.4 Å².